The second-order valence-electron chi connectivity index (χ2n) is 2.10. The normalized spacial score (nSPS) is 6.46. The van der Waals surface area contributed by atoms with Gasteiger partial charge in [0.2, 0.25) is 0 Å². The first kappa shape index (κ1) is 29.2. The van der Waals surface area contributed by atoms with E-state index in [0.29, 0.717) is 0 Å². The molecule has 13 heavy (non-hydrogen) atoms. The van der Waals surface area contributed by atoms with E-state index in [1.54, 1.807) is 27.7 Å². The molecular weight excluding hydrogens is 208 g/mol. The van der Waals surface area contributed by atoms with Crippen molar-refractivity contribution < 1.29 is 42.1 Å². The standard InChI is InChI=1S/2C3H7O.2CH4O.Ti/c2*1-3(2)4;2*1-2;/h2*3H,1-2H3;2*2H,1H3;/q2*-1;;;+2. The zero-order valence-corrected chi connectivity index (χ0v) is 10.9. The zero-order valence-electron chi connectivity index (χ0n) is 9.37. The van der Waals surface area contributed by atoms with Crippen LogP contribution in [0, 0.1) is 0 Å². The Labute approximate surface area is 96.5 Å². The number of hydrogen-bond donors (Lipinski definition) is 2. The van der Waals surface area contributed by atoms with E-state index in [2.05, 4.69) is 0 Å². The van der Waals surface area contributed by atoms with Crippen molar-refractivity contribution in [2.24, 2.45) is 0 Å². The largest absolute Gasteiger partial charge is 2.00 e. The number of rotatable bonds is 0. The minimum absolute atomic E-state index is 0. The third-order valence-corrected chi connectivity index (χ3v) is 0. The smallest absolute Gasteiger partial charge is 0.852 e. The maximum absolute atomic E-state index is 9.53. The summed E-state index contributed by atoms with van der Waals surface area (Å²) < 4.78 is 0. The summed E-state index contributed by atoms with van der Waals surface area (Å²) in [5, 5.41) is 33.1. The van der Waals surface area contributed by atoms with Gasteiger partial charge < -0.3 is 20.4 Å². The van der Waals surface area contributed by atoms with Crippen molar-refractivity contribution in [1.82, 2.24) is 0 Å². The van der Waals surface area contributed by atoms with Gasteiger partial charge in [-0.1, -0.05) is 27.7 Å². The maximum atomic E-state index is 9.53. The third-order valence-electron chi connectivity index (χ3n) is 0. The first-order valence-corrected chi connectivity index (χ1v) is 3.68. The fraction of sp³-hybridized carbons (Fsp3) is 1.00. The van der Waals surface area contributed by atoms with Crippen molar-refractivity contribution in [3.05, 3.63) is 0 Å². The van der Waals surface area contributed by atoms with Crippen LogP contribution < -0.4 is 10.2 Å². The molecule has 0 aliphatic rings. The zero-order chi connectivity index (χ0) is 11.2. The molecule has 0 aliphatic carbocycles. The van der Waals surface area contributed by atoms with Gasteiger partial charge in [-0.15, -0.1) is 12.2 Å². The number of hydrogen-bond acceptors (Lipinski definition) is 4. The van der Waals surface area contributed by atoms with Gasteiger partial charge in [-0.25, -0.2) is 0 Å². The van der Waals surface area contributed by atoms with E-state index in [1.165, 1.54) is 0 Å². The van der Waals surface area contributed by atoms with Gasteiger partial charge in [0.15, 0.2) is 0 Å². The van der Waals surface area contributed by atoms with Gasteiger partial charge in [-0.05, 0) is 0 Å². The van der Waals surface area contributed by atoms with Crippen molar-refractivity contribution in [2.75, 3.05) is 14.2 Å². The molecule has 0 amide bonds. The Morgan fingerprint density at radius 2 is 0.692 bits per heavy atom. The Morgan fingerprint density at radius 1 is 0.692 bits per heavy atom. The second kappa shape index (κ2) is 39.0. The molecule has 0 aromatic rings. The second-order valence-corrected chi connectivity index (χ2v) is 2.10. The Kier molecular flexibility index (Phi) is 87.6. The van der Waals surface area contributed by atoms with Crippen LogP contribution in [0.1, 0.15) is 27.7 Å². The minimum Gasteiger partial charge on any atom is -0.852 e. The van der Waals surface area contributed by atoms with Gasteiger partial charge >= 0.3 is 21.7 Å². The van der Waals surface area contributed by atoms with Crippen molar-refractivity contribution in [1.29, 1.82) is 0 Å². The van der Waals surface area contributed by atoms with Gasteiger partial charge in [0.1, 0.15) is 0 Å². The Hall–Kier alpha value is 0.554. The molecule has 0 saturated heterocycles. The van der Waals surface area contributed by atoms with E-state index in [0.717, 1.165) is 14.2 Å². The molecule has 2 N–H and O–H groups in total. The van der Waals surface area contributed by atoms with Gasteiger partial charge in [0, 0.05) is 14.2 Å². The van der Waals surface area contributed by atoms with Gasteiger partial charge in [-0.2, -0.15) is 0 Å². The average molecular weight is 230 g/mol. The van der Waals surface area contributed by atoms with Crippen LogP contribution in [-0.4, -0.2) is 36.6 Å². The first-order valence-electron chi connectivity index (χ1n) is 3.68. The first-order chi connectivity index (χ1) is 5.46. The minimum atomic E-state index is -0.417. The fourth-order valence-electron chi connectivity index (χ4n) is 0. The summed E-state index contributed by atoms with van der Waals surface area (Å²) in [6.45, 7) is 6.44. The maximum Gasteiger partial charge on any atom is 2.00 e. The van der Waals surface area contributed by atoms with Crippen LogP contribution in [0.3, 0.4) is 0 Å². The predicted molar refractivity (Wildman–Crippen MR) is 46.6 cm³/mol. The van der Waals surface area contributed by atoms with Crippen LogP contribution >= 0.6 is 0 Å². The molecule has 0 radical (unpaired) electrons. The van der Waals surface area contributed by atoms with Crippen molar-refractivity contribution in [2.45, 2.75) is 39.9 Å². The topological polar surface area (TPSA) is 86.6 Å². The Morgan fingerprint density at radius 3 is 0.692 bits per heavy atom. The van der Waals surface area contributed by atoms with Crippen molar-refractivity contribution in [3.63, 3.8) is 0 Å². The van der Waals surface area contributed by atoms with E-state index < -0.39 is 12.2 Å². The van der Waals surface area contributed by atoms with Gasteiger partial charge in [0.25, 0.3) is 0 Å². The third kappa shape index (κ3) is 4550. The van der Waals surface area contributed by atoms with E-state index in [4.69, 9.17) is 10.2 Å². The molecular formula is C8H22O4Ti. The van der Waals surface area contributed by atoms with E-state index in [1.807, 2.05) is 0 Å². The van der Waals surface area contributed by atoms with E-state index in [-0.39, 0.29) is 21.7 Å². The van der Waals surface area contributed by atoms with Gasteiger partial charge in [0.05, 0.1) is 0 Å². The molecule has 0 bridgehead atoms. The van der Waals surface area contributed by atoms with E-state index in [9.17, 15) is 10.2 Å². The summed E-state index contributed by atoms with van der Waals surface area (Å²) in [4.78, 5) is 0. The summed E-state index contributed by atoms with van der Waals surface area (Å²) in [6, 6.07) is 0. The van der Waals surface area contributed by atoms with Gasteiger partial charge in [-0.3, -0.25) is 0 Å². The predicted octanol–water partition coefficient (Wildman–Crippen LogP) is -1.28. The SMILES string of the molecule is CC(C)[O-].CC(C)[O-].CO.CO.[Ti+2]. The molecule has 4 nitrogen and oxygen atoms in total. The molecule has 5 heteroatoms. The number of aliphatic hydroxyl groups is 2. The molecule has 0 fully saturated rings. The summed E-state index contributed by atoms with van der Waals surface area (Å²) in [5.41, 5.74) is 0. The molecule has 0 rings (SSSR count). The summed E-state index contributed by atoms with van der Waals surface area (Å²) in [7, 11) is 2.00. The molecule has 0 unspecified atom stereocenters. The molecule has 0 aliphatic heterocycles. The average Bonchev–Trinajstić information content (AvgIpc) is 1.93. The van der Waals surface area contributed by atoms with Crippen LogP contribution in [0.15, 0.2) is 0 Å². The summed E-state index contributed by atoms with van der Waals surface area (Å²) in [6.07, 6.45) is -0.833. The molecule has 0 spiro atoms. The van der Waals surface area contributed by atoms with Crippen molar-refractivity contribution >= 4 is 0 Å². The van der Waals surface area contributed by atoms with E-state index >= 15 is 0 Å². The molecule has 0 atom stereocenters. The molecule has 0 aromatic heterocycles. The van der Waals surface area contributed by atoms with Crippen LogP contribution in [0.5, 0.6) is 0 Å². The summed E-state index contributed by atoms with van der Waals surface area (Å²) in [5.74, 6) is 0. The van der Waals surface area contributed by atoms with Crippen LogP contribution in [0.4, 0.5) is 0 Å². The van der Waals surface area contributed by atoms with Crippen LogP contribution in [0.25, 0.3) is 0 Å². The number of aliphatic hydroxyl groups excluding tert-OH is 2. The Bertz CT molecular complexity index is 31.6. The molecule has 0 heterocycles. The summed E-state index contributed by atoms with van der Waals surface area (Å²) >= 11 is 0. The molecule has 0 aromatic carbocycles. The quantitative estimate of drug-likeness (QED) is 0.508. The van der Waals surface area contributed by atoms with Crippen LogP contribution in [-0.2, 0) is 21.7 Å². The molecule has 0 saturated carbocycles. The fourth-order valence-corrected chi connectivity index (χ4v) is 0. The Balaban J connectivity index is -0.0000000226. The monoisotopic (exact) mass is 230 g/mol. The van der Waals surface area contributed by atoms with Crippen LogP contribution in [0.2, 0.25) is 0 Å². The molecule has 82 valence electrons. The van der Waals surface area contributed by atoms with Crippen molar-refractivity contribution in [3.8, 4) is 0 Å².